The van der Waals surface area contributed by atoms with Crippen LogP contribution in [0.15, 0.2) is 48.5 Å². The highest BCUT2D eigenvalue weighted by atomic mass is 19.4. The Morgan fingerprint density at radius 3 is 1.69 bits per heavy atom. The summed E-state index contributed by atoms with van der Waals surface area (Å²) in [6.45, 7) is 4.44. The fourth-order valence-corrected chi connectivity index (χ4v) is 4.00. The molecule has 4 rings (SSSR count). The van der Waals surface area contributed by atoms with E-state index in [1.165, 1.54) is 25.0 Å². The van der Waals surface area contributed by atoms with Crippen LogP contribution in [-0.4, -0.2) is 50.1 Å². The van der Waals surface area contributed by atoms with Crippen LogP contribution in [0.1, 0.15) is 28.8 Å². The van der Waals surface area contributed by atoms with Gasteiger partial charge in [0.2, 0.25) is 0 Å². The number of amides is 1. The van der Waals surface area contributed by atoms with Crippen molar-refractivity contribution in [2.45, 2.75) is 19.0 Å². The van der Waals surface area contributed by atoms with Crippen molar-refractivity contribution in [3.05, 3.63) is 59.7 Å². The van der Waals surface area contributed by atoms with Crippen molar-refractivity contribution in [3.63, 3.8) is 0 Å². The van der Waals surface area contributed by atoms with Gasteiger partial charge in [-0.25, -0.2) is 0 Å². The number of carbonyl (C=O) groups excluding carboxylic acids is 1. The molecule has 2 aliphatic heterocycles. The largest absolute Gasteiger partial charge is 0.416 e. The predicted molar refractivity (Wildman–Crippen MR) is 107 cm³/mol. The van der Waals surface area contributed by atoms with E-state index in [1.54, 1.807) is 0 Å². The van der Waals surface area contributed by atoms with E-state index >= 15 is 0 Å². The van der Waals surface area contributed by atoms with E-state index in [4.69, 9.17) is 0 Å². The number of anilines is 2. The molecule has 0 bridgehead atoms. The fourth-order valence-electron chi connectivity index (χ4n) is 4.00. The summed E-state index contributed by atoms with van der Waals surface area (Å²) in [4.78, 5) is 19.0. The van der Waals surface area contributed by atoms with Crippen LogP contribution in [0, 0.1) is 0 Å². The summed E-state index contributed by atoms with van der Waals surface area (Å²) in [5.74, 6) is 0.00467. The second-order valence-electron chi connectivity index (χ2n) is 7.56. The first kappa shape index (κ1) is 19.6. The quantitative estimate of drug-likeness (QED) is 0.766. The van der Waals surface area contributed by atoms with Crippen LogP contribution in [0.5, 0.6) is 0 Å². The van der Waals surface area contributed by atoms with Gasteiger partial charge in [0.15, 0.2) is 0 Å². The third-order valence-electron chi connectivity index (χ3n) is 5.71. The third kappa shape index (κ3) is 4.33. The van der Waals surface area contributed by atoms with Gasteiger partial charge in [-0.3, -0.25) is 4.79 Å². The Kier molecular flexibility index (Phi) is 5.39. The van der Waals surface area contributed by atoms with E-state index in [2.05, 4.69) is 4.90 Å². The molecule has 7 heteroatoms. The zero-order valence-corrected chi connectivity index (χ0v) is 16.2. The van der Waals surface area contributed by atoms with Gasteiger partial charge in [0.1, 0.15) is 0 Å². The second-order valence-corrected chi connectivity index (χ2v) is 7.56. The van der Waals surface area contributed by atoms with Gasteiger partial charge in [0, 0.05) is 56.2 Å². The Bertz CT molecular complexity index is 835. The highest BCUT2D eigenvalue weighted by Crippen LogP contribution is 2.30. The molecule has 0 aromatic heterocycles. The minimum Gasteiger partial charge on any atom is -0.372 e. The van der Waals surface area contributed by atoms with E-state index in [9.17, 15) is 18.0 Å². The molecule has 2 fully saturated rings. The summed E-state index contributed by atoms with van der Waals surface area (Å²) in [5.41, 5.74) is 1.94. The van der Waals surface area contributed by atoms with Crippen LogP contribution in [0.25, 0.3) is 0 Å². The molecule has 2 aliphatic rings. The molecule has 0 saturated carbocycles. The lowest BCUT2D eigenvalue weighted by Gasteiger charge is -2.36. The molecule has 154 valence electrons. The van der Waals surface area contributed by atoms with Crippen LogP contribution in [0.4, 0.5) is 24.5 Å². The second kappa shape index (κ2) is 7.97. The van der Waals surface area contributed by atoms with Crippen molar-refractivity contribution in [1.82, 2.24) is 4.90 Å². The molecule has 2 aromatic carbocycles. The van der Waals surface area contributed by atoms with E-state index in [-0.39, 0.29) is 5.91 Å². The first-order chi connectivity index (χ1) is 13.9. The van der Waals surface area contributed by atoms with Crippen molar-refractivity contribution in [3.8, 4) is 0 Å². The first-order valence-electron chi connectivity index (χ1n) is 9.98. The Hall–Kier alpha value is -2.70. The van der Waals surface area contributed by atoms with Gasteiger partial charge >= 0.3 is 6.18 Å². The van der Waals surface area contributed by atoms with E-state index in [0.29, 0.717) is 31.7 Å². The molecular formula is C22H24F3N3O. The fraction of sp³-hybridized carbons (Fsp3) is 0.409. The van der Waals surface area contributed by atoms with Gasteiger partial charge in [-0.2, -0.15) is 13.2 Å². The number of hydrogen-bond acceptors (Lipinski definition) is 3. The smallest absolute Gasteiger partial charge is 0.372 e. The topological polar surface area (TPSA) is 26.8 Å². The lowest BCUT2D eigenvalue weighted by molar-refractivity contribution is -0.137. The molecule has 2 heterocycles. The summed E-state index contributed by atoms with van der Waals surface area (Å²) in [6.07, 6.45) is -1.90. The average Bonchev–Trinajstić information content (AvgIpc) is 3.28. The molecule has 29 heavy (non-hydrogen) atoms. The zero-order valence-electron chi connectivity index (χ0n) is 16.2. The lowest BCUT2D eigenvalue weighted by atomic mass is 10.1. The minimum absolute atomic E-state index is 0.00467. The maximum absolute atomic E-state index is 12.8. The number of benzene rings is 2. The van der Waals surface area contributed by atoms with Gasteiger partial charge in [-0.1, -0.05) is 0 Å². The Morgan fingerprint density at radius 2 is 1.17 bits per heavy atom. The van der Waals surface area contributed by atoms with Gasteiger partial charge in [0.25, 0.3) is 5.91 Å². The summed E-state index contributed by atoms with van der Waals surface area (Å²) in [6, 6.07) is 13.0. The van der Waals surface area contributed by atoms with Gasteiger partial charge in [0.05, 0.1) is 5.56 Å². The molecule has 0 aliphatic carbocycles. The van der Waals surface area contributed by atoms with Crippen molar-refractivity contribution < 1.29 is 18.0 Å². The summed E-state index contributed by atoms with van der Waals surface area (Å²) >= 11 is 0. The number of nitrogens with zero attached hydrogens (tertiary/aromatic N) is 3. The maximum Gasteiger partial charge on any atom is 0.416 e. The molecule has 0 N–H and O–H groups in total. The molecular weight excluding hydrogens is 379 g/mol. The highest BCUT2D eigenvalue weighted by Gasteiger charge is 2.30. The van der Waals surface area contributed by atoms with Crippen molar-refractivity contribution in [1.29, 1.82) is 0 Å². The summed E-state index contributed by atoms with van der Waals surface area (Å²) in [7, 11) is 0. The highest BCUT2D eigenvalue weighted by molar-refractivity contribution is 5.94. The van der Waals surface area contributed by atoms with Crippen molar-refractivity contribution in [2.24, 2.45) is 0 Å². The molecule has 4 nitrogen and oxygen atoms in total. The normalized spacial score (nSPS) is 17.7. The number of carbonyl (C=O) groups is 1. The maximum atomic E-state index is 12.8. The van der Waals surface area contributed by atoms with E-state index < -0.39 is 11.7 Å². The van der Waals surface area contributed by atoms with Crippen LogP contribution < -0.4 is 9.80 Å². The SMILES string of the molecule is O=C(c1ccc(N2CCCC2)cc1)N1CCN(c2ccc(C(F)(F)F)cc2)CC1. The number of piperazine rings is 1. The van der Waals surface area contributed by atoms with Gasteiger partial charge in [-0.05, 0) is 61.4 Å². The zero-order chi connectivity index (χ0) is 20.4. The van der Waals surface area contributed by atoms with Crippen LogP contribution in [-0.2, 0) is 6.18 Å². The monoisotopic (exact) mass is 403 g/mol. The van der Waals surface area contributed by atoms with Crippen molar-refractivity contribution in [2.75, 3.05) is 49.1 Å². The minimum atomic E-state index is -4.33. The lowest BCUT2D eigenvalue weighted by Crippen LogP contribution is -2.48. The van der Waals surface area contributed by atoms with Gasteiger partial charge in [-0.15, -0.1) is 0 Å². The molecule has 2 aromatic rings. The summed E-state index contributed by atoms with van der Waals surface area (Å²) in [5, 5.41) is 0. The molecule has 0 radical (unpaired) electrons. The van der Waals surface area contributed by atoms with Crippen LogP contribution in [0.2, 0.25) is 0 Å². The molecule has 0 unspecified atom stereocenters. The Labute approximate surface area is 168 Å². The molecule has 1 amide bonds. The standard InChI is InChI=1S/C22H24F3N3O/c23-22(24,25)18-5-9-20(10-6-18)27-13-15-28(16-14-27)21(29)17-3-7-19(8-4-17)26-11-1-2-12-26/h3-10H,1-2,11-16H2. The third-order valence-corrected chi connectivity index (χ3v) is 5.71. The van der Waals surface area contributed by atoms with Gasteiger partial charge < -0.3 is 14.7 Å². The molecule has 2 saturated heterocycles. The van der Waals surface area contributed by atoms with Crippen LogP contribution in [0.3, 0.4) is 0 Å². The molecule has 0 atom stereocenters. The number of hydrogen-bond donors (Lipinski definition) is 0. The number of alkyl halides is 3. The van der Waals surface area contributed by atoms with Crippen LogP contribution >= 0.6 is 0 Å². The van der Waals surface area contributed by atoms with E-state index in [1.807, 2.05) is 34.1 Å². The van der Waals surface area contributed by atoms with E-state index in [0.717, 1.165) is 36.6 Å². The average molecular weight is 403 g/mol. The predicted octanol–water partition coefficient (Wildman–Crippen LogP) is 4.27. The first-order valence-corrected chi connectivity index (χ1v) is 9.98. The number of halogens is 3. The molecule has 0 spiro atoms. The number of rotatable bonds is 3. The summed E-state index contributed by atoms with van der Waals surface area (Å²) < 4.78 is 38.1. The van der Waals surface area contributed by atoms with Crippen molar-refractivity contribution >= 4 is 17.3 Å². The Morgan fingerprint density at radius 1 is 0.690 bits per heavy atom. The Balaban J connectivity index is 1.34.